The van der Waals surface area contributed by atoms with E-state index < -0.39 is 41.6 Å². The summed E-state index contributed by atoms with van der Waals surface area (Å²) in [6.07, 6.45) is 2.17. The van der Waals surface area contributed by atoms with Gasteiger partial charge in [-0.2, -0.15) is 0 Å². The summed E-state index contributed by atoms with van der Waals surface area (Å²) < 4.78 is 18.5. The van der Waals surface area contributed by atoms with Gasteiger partial charge < -0.3 is 19.5 Å². The number of benzene rings is 3. The normalized spacial score (nSPS) is 14.6. The average Bonchev–Trinajstić information content (AvgIpc) is 3.04. The molecule has 11 nitrogen and oxygen atoms in total. The van der Waals surface area contributed by atoms with Gasteiger partial charge in [-0.25, -0.2) is 19.0 Å². The van der Waals surface area contributed by atoms with Crippen molar-refractivity contribution in [2.45, 2.75) is 77.7 Å². The third kappa shape index (κ3) is 7.62. The zero-order valence-electron chi connectivity index (χ0n) is 27.0. The lowest BCUT2D eigenvalue weighted by Gasteiger charge is -2.24. The van der Waals surface area contributed by atoms with Crippen molar-refractivity contribution in [2.24, 2.45) is 7.05 Å². The Bertz CT molecular complexity index is 1880. The van der Waals surface area contributed by atoms with Crippen molar-refractivity contribution >= 4 is 28.9 Å². The second kappa shape index (κ2) is 14.5. The molecule has 1 N–H and O–H groups in total. The van der Waals surface area contributed by atoms with Gasteiger partial charge in [-0.15, -0.1) is 0 Å². The van der Waals surface area contributed by atoms with E-state index in [1.807, 2.05) is 6.07 Å². The van der Waals surface area contributed by atoms with Crippen LogP contribution in [0.4, 0.5) is 4.79 Å². The number of para-hydroxylation sites is 1. The molecule has 1 heterocycles. The molecule has 0 bridgehead atoms. The van der Waals surface area contributed by atoms with Crippen molar-refractivity contribution in [3.05, 3.63) is 110 Å². The third-order valence-electron chi connectivity index (χ3n) is 8.47. The van der Waals surface area contributed by atoms with Gasteiger partial charge in [0.25, 0.3) is 11.5 Å². The molecule has 1 fully saturated rings. The lowest BCUT2D eigenvalue weighted by Crippen LogP contribution is -2.45. The fourth-order valence-corrected chi connectivity index (χ4v) is 6.00. The van der Waals surface area contributed by atoms with Crippen molar-refractivity contribution < 1.29 is 28.6 Å². The molecule has 3 aromatic carbocycles. The van der Waals surface area contributed by atoms with E-state index >= 15 is 0 Å². The Morgan fingerprint density at radius 2 is 1.53 bits per heavy atom. The molecular formula is C36H39N3O8. The maximum atomic E-state index is 13.4. The predicted molar refractivity (Wildman–Crippen MR) is 176 cm³/mol. The van der Waals surface area contributed by atoms with E-state index in [2.05, 4.69) is 5.32 Å². The van der Waals surface area contributed by atoms with Crippen LogP contribution < -0.4 is 16.6 Å². The molecule has 0 saturated heterocycles. The molecule has 2 atom stereocenters. The monoisotopic (exact) mass is 641 g/mol. The first kappa shape index (κ1) is 33.2. The van der Waals surface area contributed by atoms with Crippen LogP contribution >= 0.6 is 0 Å². The van der Waals surface area contributed by atoms with Crippen molar-refractivity contribution in [1.82, 2.24) is 14.5 Å². The Balaban J connectivity index is 1.36. The number of amides is 1. The minimum Gasteiger partial charge on any atom is -0.431 e. The molecule has 1 amide bonds. The van der Waals surface area contributed by atoms with Gasteiger partial charge >= 0.3 is 17.8 Å². The summed E-state index contributed by atoms with van der Waals surface area (Å²) in [5, 5.41) is 3.18. The molecule has 246 valence electrons. The SMILES string of the molecule is Cc1cccc(C)c1C(=O)N[C@@H](Cc1ccc(-n2c(=O)c3ccccc3n(C)c2=O)cc1)C(=O)OC(C)OC(=O)OC1CCCCC1. The number of aromatic nitrogens is 2. The summed E-state index contributed by atoms with van der Waals surface area (Å²) in [5.41, 5.74) is 2.46. The second-order valence-corrected chi connectivity index (χ2v) is 11.9. The van der Waals surface area contributed by atoms with E-state index in [0.717, 1.165) is 47.8 Å². The highest BCUT2D eigenvalue weighted by Gasteiger charge is 2.28. The number of fused-ring (bicyclic) bond motifs is 1. The molecule has 1 aliphatic rings. The predicted octanol–water partition coefficient (Wildman–Crippen LogP) is 5.02. The number of aryl methyl sites for hydroxylation is 3. The summed E-state index contributed by atoms with van der Waals surface area (Å²) in [7, 11) is 1.60. The fraction of sp³-hybridized carbons (Fsp3) is 0.361. The van der Waals surface area contributed by atoms with E-state index in [-0.39, 0.29) is 12.5 Å². The summed E-state index contributed by atoms with van der Waals surface area (Å²) in [5.74, 6) is -1.28. The van der Waals surface area contributed by atoms with Gasteiger partial charge in [0.1, 0.15) is 12.1 Å². The lowest BCUT2D eigenvalue weighted by molar-refractivity contribution is -0.171. The van der Waals surface area contributed by atoms with Crippen LogP contribution in [0, 0.1) is 13.8 Å². The number of carbonyl (C=O) groups excluding carboxylic acids is 3. The standard InChI is InChI=1S/C36H39N3O8/c1-22-11-10-12-23(2)31(22)32(40)37-29(34(42)45-24(3)46-36(44)47-27-13-6-5-7-14-27)21-25-17-19-26(20-18-25)39-33(41)28-15-8-9-16-30(28)38(4)35(39)43/h8-12,15-20,24,27,29H,5-7,13-14,21H2,1-4H3,(H,37,40)/t24?,29-/m0/s1. The third-order valence-corrected chi connectivity index (χ3v) is 8.47. The summed E-state index contributed by atoms with van der Waals surface area (Å²) in [4.78, 5) is 65.6. The zero-order chi connectivity index (χ0) is 33.7. The molecule has 0 spiro atoms. The Morgan fingerprint density at radius 1 is 0.872 bits per heavy atom. The maximum absolute atomic E-state index is 13.4. The summed E-state index contributed by atoms with van der Waals surface area (Å²) in [6, 6.07) is 17.7. The Kier molecular flexibility index (Phi) is 10.2. The van der Waals surface area contributed by atoms with E-state index in [4.69, 9.17) is 14.2 Å². The van der Waals surface area contributed by atoms with Crippen LogP contribution in [-0.2, 0) is 32.5 Å². The Morgan fingerprint density at radius 3 is 2.21 bits per heavy atom. The van der Waals surface area contributed by atoms with Crippen molar-refractivity contribution in [3.8, 4) is 5.69 Å². The molecule has 5 rings (SSSR count). The van der Waals surface area contributed by atoms with Gasteiger partial charge in [-0.3, -0.25) is 14.2 Å². The minimum absolute atomic E-state index is 0.0135. The largest absolute Gasteiger partial charge is 0.511 e. The molecule has 11 heteroatoms. The lowest BCUT2D eigenvalue weighted by atomic mass is 9.98. The van der Waals surface area contributed by atoms with Gasteiger partial charge in [-0.05, 0) is 80.5 Å². The van der Waals surface area contributed by atoms with Gasteiger partial charge in [0.15, 0.2) is 0 Å². The molecule has 0 radical (unpaired) electrons. The number of hydrogen-bond acceptors (Lipinski definition) is 8. The van der Waals surface area contributed by atoms with E-state index in [9.17, 15) is 24.0 Å². The smallest absolute Gasteiger partial charge is 0.431 e. The highest BCUT2D eigenvalue weighted by Crippen LogP contribution is 2.21. The van der Waals surface area contributed by atoms with Crippen LogP contribution in [0.2, 0.25) is 0 Å². The number of ether oxygens (including phenoxy) is 3. The summed E-state index contributed by atoms with van der Waals surface area (Å²) >= 11 is 0. The molecule has 1 unspecified atom stereocenters. The average molecular weight is 642 g/mol. The topological polar surface area (TPSA) is 135 Å². The minimum atomic E-state index is -1.27. The van der Waals surface area contributed by atoms with Crippen molar-refractivity contribution in [3.63, 3.8) is 0 Å². The van der Waals surface area contributed by atoms with Crippen LogP contribution in [0.3, 0.4) is 0 Å². The van der Waals surface area contributed by atoms with Crippen LogP contribution in [0.5, 0.6) is 0 Å². The van der Waals surface area contributed by atoms with Crippen LogP contribution in [0.25, 0.3) is 16.6 Å². The van der Waals surface area contributed by atoms with E-state index in [0.29, 0.717) is 27.7 Å². The van der Waals surface area contributed by atoms with Crippen LogP contribution in [0.1, 0.15) is 66.1 Å². The molecule has 1 saturated carbocycles. The Hall–Kier alpha value is -5.19. The molecule has 4 aromatic rings. The molecule has 0 aliphatic heterocycles. The first-order chi connectivity index (χ1) is 22.5. The number of nitrogens with zero attached hydrogens (tertiary/aromatic N) is 2. The van der Waals surface area contributed by atoms with E-state index in [1.165, 1.54) is 11.5 Å². The van der Waals surface area contributed by atoms with Gasteiger partial charge in [0.05, 0.1) is 16.6 Å². The maximum Gasteiger partial charge on any atom is 0.511 e. The quantitative estimate of drug-likeness (QED) is 0.199. The van der Waals surface area contributed by atoms with Crippen molar-refractivity contribution in [1.29, 1.82) is 0 Å². The van der Waals surface area contributed by atoms with Crippen LogP contribution in [0.15, 0.2) is 76.3 Å². The first-order valence-electron chi connectivity index (χ1n) is 15.8. The summed E-state index contributed by atoms with van der Waals surface area (Å²) in [6.45, 7) is 5.02. The number of rotatable bonds is 9. The second-order valence-electron chi connectivity index (χ2n) is 11.9. The Labute approximate surface area is 272 Å². The zero-order valence-corrected chi connectivity index (χ0v) is 27.0. The highest BCUT2D eigenvalue weighted by molar-refractivity contribution is 5.99. The highest BCUT2D eigenvalue weighted by atomic mass is 16.8. The van der Waals surface area contributed by atoms with Crippen LogP contribution in [-0.4, -0.2) is 45.6 Å². The van der Waals surface area contributed by atoms with Gasteiger partial charge in [0, 0.05) is 26.0 Å². The van der Waals surface area contributed by atoms with Gasteiger partial charge in [-0.1, -0.05) is 48.9 Å². The molecular weight excluding hydrogens is 602 g/mol. The van der Waals surface area contributed by atoms with E-state index in [1.54, 1.807) is 81.6 Å². The first-order valence-corrected chi connectivity index (χ1v) is 15.8. The van der Waals surface area contributed by atoms with Gasteiger partial charge in [0.2, 0.25) is 6.29 Å². The number of esters is 1. The molecule has 1 aliphatic carbocycles. The molecule has 47 heavy (non-hydrogen) atoms. The fourth-order valence-electron chi connectivity index (χ4n) is 6.00. The molecule has 1 aromatic heterocycles. The number of nitrogens with one attached hydrogen (secondary N) is 1. The van der Waals surface area contributed by atoms with Crippen molar-refractivity contribution in [2.75, 3.05) is 0 Å². The number of hydrogen-bond donors (Lipinski definition) is 1. The number of carbonyl (C=O) groups is 3.